The molecule has 3 N–H and O–H groups in total. The van der Waals surface area contributed by atoms with E-state index in [4.69, 9.17) is 10.5 Å². The average Bonchev–Trinajstić information content (AvgIpc) is 2.81. The Bertz CT molecular complexity index is 604. The van der Waals surface area contributed by atoms with E-state index in [1.54, 1.807) is 13.3 Å². The summed E-state index contributed by atoms with van der Waals surface area (Å²) >= 11 is 0. The molecule has 0 unspecified atom stereocenters. The highest BCUT2D eigenvalue weighted by Gasteiger charge is 2.21. The fourth-order valence-corrected chi connectivity index (χ4v) is 2.26. The zero-order valence-electron chi connectivity index (χ0n) is 12.1. The van der Waals surface area contributed by atoms with Gasteiger partial charge in [0.2, 0.25) is 0 Å². The van der Waals surface area contributed by atoms with Gasteiger partial charge < -0.3 is 20.4 Å². The number of rotatable bonds is 5. The molecule has 0 aliphatic heterocycles. The van der Waals surface area contributed by atoms with Crippen molar-refractivity contribution >= 4 is 22.5 Å². The molecule has 1 aromatic heterocycles. The van der Waals surface area contributed by atoms with E-state index in [1.807, 2.05) is 36.9 Å². The minimum atomic E-state index is 0.00747. The van der Waals surface area contributed by atoms with Gasteiger partial charge in [-0.25, -0.2) is 0 Å². The number of ether oxygens (including phenoxy) is 1. The van der Waals surface area contributed by atoms with Gasteiger partial charge in [-0.2, -0.15) is 0 Å². The predicted molar refractivity (Wildman–Crippen MR) is 80.8 cm³/mol. The van der Waals surface area contributed by atoms with Crippen molar-refractivity contribution in [3.8, 4) is 0 Å². The van der Waals surface area contributed by atoms with Gasteiger partial charge in [0.1, 0.15) is 0 Å². The largest absolute Gasteiger partial charge is 0.399 e. The normalized spacial score (nSPS) is 11.2. The Labute approximate surface area is 118 Å². The smallest absolute Gasteiger partial charge is 0.256 e. The van der Waals surface area contributed by atoms with Crippen molar-refractivity contribution < 1.29 is 9.53 Å². The number of hydrogen-bond acceptors (Lipinski definition) is 3. The first-order valence-electron chi connectivity index (χ1n) is 6.71. The van der Waals surface area contributed by atoms with Crippen molar-refractivity contribution in [2.45, 2.75) is 19.9 Å². The summed E-state index contributed by atoms with van der Waals surface area (Å²) in [6, 6.07) is 5.64. The second kappa shape index (κ2) is 5.96. The highest BCUT2D eigenvalue weighted by atomic mass is 16.5. The third-order valence-corrected chi connectivity index (χ3v) is 3.36. The molecule has 0 saturated heterocycles. The first-order valence-corrected chi connectivity index (χ1v) is 6.71. The highest BCUT2D eigenvalue weighted by molar-refractivity contribution is 6.07. The number of hydrogen-bond donors (Lipinski definition) is 2. The molecule has 2 rings (SSSR count). The van der Waals surface area contributed by atoms with Crippen LogP contribution < -0.4 is 5.73 Å². The zero-order valence-corrected chi connectivity index (χ0v) is 12.1. The second-order valence-corrected chi connectivity index (χ2v) is 5.09. The number of nitrogens with two attached hydrogens (primary N) is 1. The molecule has 1 amide bonds. The summed E-state index contributed by atoms with van der Waals surface area (Å²) in [5.41, 5.74) is 7.98. The fraction of sp³-hybridized carbons (Fsp3) is 0.400. The molecule has 0 aliphatic carbocycles. The van der Waals surface area contributed by atoms with Crippen LogP contribution in [0.5, 0.6) is 0 Å². The lowest BCUT2D eigenvalue weighted by Crippen LogP contribution is -2.39. The van der Waals surface area contributed by atoms with E-state index in [0.29, 0.717) is 24.4 Å². The first kappa shape index (κ1) is 14.4. The van der Waals surface area contributed by atoms with E-state index in [1.165, 1.54) is 0 Å². The van der Waals surface area contributed by atoms with Crippen LogP contribution in [0.4, 0.5) is 5.69 Å². The van der Waals surface area contributed by atoms with Crippen LogP contribution in [0.15, 0.2) is 24.4 Å². The van der Waals surface area contributed by atoms with Gasteiger partial charge in [0.05, 0.1) is 12.2 Å². The molecule has 0 spiro atoms. The lowest BCUT2D eigenvalue weighted by molar-refractivity contribution is 0.0637. The van der Waals surface area contributed by atoms with Gasteiger partial charge >= 0.3 is 0 Å². The van der Waals surface area contributed by atoms with Crippen LogP contribution in [0, 0.1) is 0 Å². The number of fused-ring (bicyclic) bond motifs is 1. The number of nitrogen functional groups attached to an aromatic ring is 1. The quantitative estimate of drug-likeness (QED) is 0.822. The van der Waals surface area contributed by atoms with Gasteiger partial charge in [-0.05, 0) is 32.0 Å². The number of methoxy groups -OCH3 is 1. The molecule has 5 heteroatoms. The Morgan fingerprint density at radius 2 is 2.20 bits per heavy atom. The summed E-state index contributed by atoms with van der Waals surface area (Å²) in [7, 11) is 1.64. The number of carbonyl (C=O) groups is 1. The number of aromatic amines is 1. The van der Waals surface area contributed by atoms with Crippen molar-refractivity contribution in [2.75, 3.05) is 26.0 Å². The number of nitrogens with one attached hydrogen (secondary N) is 1. The Morgan fingerprint density at radius 1 is 1.45 bits per heavy atom. The van der Waals surface area contributed by atoms with Crippen LogP contribution in [0.25, 0.3) is 10.9 Å². The maximum Gasteiger partial charge on any atom is 0.256 e. The van der Waals surface area contributed by atoms with E-state index >= 15 is 0 Å². The van der Waals surface area contributed by atoms with Crippen LogP contribution in [0.2, 0.25) is 0 Å². The minimum absolute atomic E-state index is 0.00747. The van der Waals surface area contributed by atoms with Crippen molar-refractivity contribution in [3.63, 3.8) is 0 Å². The zero-order chi connectivity index (χ0) is 14.7. The van der Waals surface area contributed by atoms with Crippen LogP contribution in [-0.4, -0.2) is 42.1 Å². The van der Waals surface area contributed by atoms with E-state index in [-0.39, 0.29) is 11.9 Å². The molecule has 5 nitrogen and oxygen atoms in total. The molecule has 1 heterocycles. The molecule has 0 atom stereocenters. The van der Waals surface area contributed by atoms with Crippen LogP contribution in [0.3, 0.4) is 0 Å². The van der Waals surface area contributed by atoms with E-state index in [0.717, 1.165) is 10.9 Å². The van der Waals surface area contributed by atoms with Crippen LogP contribution >= 0.6 is 0 Å². The number of H-pyrrole nitrogens is 1. The Hall–Kier alpha value is -2.01. The number of amides is 1. The summed E-state index contributed by atoms with van der Waals surface area (Å²) in [6.07, 6.45) is 1.74. The highest BCUT2D eigenvalue weighted by Crippen LogP contribution is 2.22. The lowest BCUT2D eigenvalue weighted by Gasteiger charge is -2.26. The van der Waals surface area contributed by atoms with Gasteiger partial charge in [0.15, 0.2) is 0 Å². The van der Waals surface area contributed by atoms with Crippen molar-refractivity contribution in [1.29, 1.82) is 0 Å². The summed E-state index contributed by atoms with van der Waals surface area (Å²) in [6.45, 7) is 5.11. The second-order valence-electron chi connectivity index (χ2n) is 5.09. The molecule has 108 valence electrons. The standard InChI is InChI=1S/C15H21N3O2/c1-10(2)18(6-7-20-3)15(19)13-9-17-14-8-11(16)4-5-12(13)14/h4-5,8-10,17H,6-7,16H2,1-3H3. The number of anilines is 1. The Balaban J connectivity index is 2.33. The van der Waals surface area contributed by atoms with Crippen molar-refractivity contribution in [3.05, 3.63) is 30.0 Å². The molecule has 20 heavy (non-hydrogen) atoms. The Morgan fingerprint density at radius 3 is 2.85 bits per heavy atom. The maximum absolute atomic E-state index is 12.7. The molecule has 1 aromatic carbocycles. The number of nitrogens with zero attached hydrogens (tertiary/aromatic N) is 1. The van der Waals surface area contributed by atoms with Crippen LogP contribution in [0.1, 0.15) is 24.2 Å². The number of carbonyl (C=O) groups excluding carboxylic acids is 1. The third kappa shape index (κ3) is 2.77. The predicted octanol–water partition coefficient (Wildman–Crippen LogP) is 2.25. The SMILES string of the molecule is COCCN(C(=O)c1c[nH]c2cc(N)ccc12)C(C)C. The molecule has 0 aliphatic rings. The van der Waals surface area contributed by atoms with E-state index in [2.05, 4.69) is 4.98 Å². The maximum atomic E-state index is 12.7. The van der Waals surface area contributed by atoms with Gasteiger partial charge in [0, 0.05) is 42.5 Å². The van der Waals surface area contributed by atoms with E-state index in [9.17, 15) is 4.79 Å². The van der Waals surface area contributed by atoms with Gasteiger partial charge in [-0.15, -0.1) is 0 Å². The first-order chi connectivity index (χ1) is 9.54. The summed E-state index contributed by atoms with van der Waals surface area (Å²) in [4.78, 5) is 17.6. The topological polar surface area (TPSA) is 71.3 Å². The lowest BCUT2D eigenvalue weighted by atomic mass is 10.1. The molecule has 0 radical (unpaired) electrons. The van der Waals surface area contributed by atoms with Crippen molar-refractivity contribution in [1.82, 2.24) is 9.88 Å². The fourth-order valence-electron chi connectivity index (χ4n) is 2.26. The van der Waals surface area contributed by atoms with Gasteiger partial charge in [0.25, 0.3) is 5.91 Å². The molecule has 0 bridgehead atoms. The van der Waals surface area contributed by atoms with Crippen LogP contribution in [-0.2, 0) is 4.74 Å². The molecule has 0 fully saturated rings. The van der Waals surface area contributed by atoms with E-state index < -0.39 is 0 Å². The minimum Gasteiger partial charge on any atom is -0.399 e. The number of benzene rings is 1. The summed E-state index contributed by atoms with van der Waals surface area (Å²) in [5, 5.41) is 0.896. The van der Waals surface area contributed by atoms with Gasteiger partial charge in [-0.1, -0.05) is 0 Å². The molecular formula is C15H21N3O2. The molecule has 2 aromatic rings. The van der Waals surface area contributed by atoms with Crippen molar-refractivity contribution in [2.24, 2.45) is 0 Å². The summed E-state index contributed by atoms with van der Waals surface area (Å²) < 4.78 is 5.07. The van der Waals surface area contributed by atoms with Gasteiger partial charge in [-0.3, -0.25) is 4.79 Å². The molecule has 0 saturated carbocycles. The monoisotopic (exact) mass is 275 g/mol. The number of aromatic nitrogens is 1. The average molecular weight is 275 g/mol. The summed E-state index contributed by atoms with van der Waals surface area (Å²) in [5.74, 6) is 0.00747. The molecular weight excluding hydrogens is 254 g/mol. The third-order valence-electron chi connectivity index (χ3n) is 3.36. The Kier molecular flexibility index (Phi) is 4.29.